The van der Waals surface area contributed by atoms with E-state index in [0.29, 0.717) is 16.5 Å². The monoisotopic (exact) mass is 419 g/mol. The van der Waals surface area contributed by atoms with E-state index in [1.165, 1.54) is 13.6 Å². The molecule has 1 N–H and O–H groups in total. The lowest BCUT2D eigenvalue weighted by Crippen LogP contribution is -2.31. The Kier molecular flexibility index (Phi) is 5.22. The van der Waals surface area contributed by atoms with Crippen LogP contribution in [0.25, 0.3) is 16.7 Å². The molecule has 1 amide bonds. The second-order valence-electron chi connectivity index (χ2n) is 8.19. The number of nitrogens with zero attached hydrogens (tertiary/aromatic N) is 4. The number of amides is 1. The fraction of sp³-hybridized carbons (Fsp3) is 0.304. The van der Waals surface area contributed by atoms with Crippen molar-refractivity contribution in [1.29, 1.82) is 0 Å². The topological polar surface area (TPSA) is 90.4 Å². The third kappa shape index (κ3) is 3.65. The molecule has 0 aliphatic rings. The van der Waals surface area contributed by atoms with E-state index in [1.54, 1.807) is 18.2 Å². The molecule has 160 valence electrons. The molecule has 4 aromatic rings. The first-order valence-electron chi connectivity index (χ1n) is 10.3. The van der Waals surface area contributed by atoms with Crippen molar-refractivity contribution < 1.29 is 4.79 Å². The predicted molar refractivity (Wildman–Crippen MR) is 120 cm³/mol. The number of hydrogen-bond acceptors (Lipinski definition) is 4. The number of benzene rings is 2. The van der Waals surface area contributed by atoms with Crippen molar-refractivity contribution in [3.8, 4) is 0 Å². The van der Waals surface area contributed by atoms with E-state index in [2.05, 4.69) is 10.4 Å². The molecule has 0 aliphatic heterocycles. The van der Waals surface area contributed by atoms with E-state index in [-0.39, 0.29) is 41.6 Å². The number of fused-ring (bicyclic) bond motifs is 3. The van der Waals surface area contributed by atoms with Crippen molar-refractivity contribution in [2.45, 2.75) is 46.3 Å². The first-order chi connectivity index (χ1) is 14.8. The van der Waals surface area contributed by atoms with Crippen LogP contribution in [-0.4, -0.2) is 30.7 Å². The first-order valence-corrected chi connectivity index (χ1v) is 10.3. The van der Waals surface area contributed by atoms with Gasteiger partial charge in [0.05, 0.1) is 17.4 Å². The Morgan fingerprint density at radius 2 is 1.74 bits per heavy atom. The van der Waals surface area contributed by atoms with Gasteiger partial charge in [-0.3, -0.25) is 14.2 Å². The summed E-state index contributed by atoms with van der Waals surface area (Å²) in [5.74, 6) is -0.00216. The fourth-order valence-corrected chi connectivity index (χ4v) is 3.69. The average molecular weight is 419 g/mol. The van der Waals surface area contributed by atoms with Gasteiger partial charge < -0.3 is 5.32 Å². The molecular formula is C23H25N5O3. The summed E-state index contributed by atoms with van der Waals surface area (Å²) >= 11 is 0. The number of nitrogens with one attached hydrogen (secondary N) is 1. The minimum absolute atomic E-state index is 0.0338. The van der Waals surface area contributed by atoms with Crippen LogP contribution in [0.1, 0.15) is 49.7 Å². The smallest absolute Gasteiger partial charge is 0.350 e. The van der Waals surface area contributed by atoms with Crippen LogP contribution in [0.3, 0.4) is 0 Å². The molecule has 0 atom stereocenters. The zero-order valence-corrected chi connectivity index (χ0v) is 18.0. The minimum Gasteiger partial charge on any atom is -0.350 e. The van der Waals surface area contributed by atoms with Gasteiger partial charge in [-0.1, -0.05) is 30.3 Å². The Morgan fingerprint density at radius 3 is 2.39 bits per heavy atom. The van der Waals surface area contributed by atoms with Crippen LogP contribution in [0.4, 0.5) is 0 Å². The Hall–Kier alpha value is -3.68. The Balaban J connectivity index is 2.01. The molecular weight excluding hydrogens is 394 g/mol. The summed E-state index contributed by atoms with van der Waals surface area (Å²) in [7, 11) is 0. The van der Waals surface area contributed by atoms with Gasteiger partial charge in [-0.25, -0.2) is 13.9 Å². The molecule has 0 bridgehead atoms. The molecule has 0 aliphatic carbocycles. The van der Waals surface area contributed by atoms with Crippen LogP contribution in [0.2, 0.25) is 0 Å². The highest BCUT2D eigenvalue weighted by atomic mass is 16.2. The summed E-state index contributed by atoms with van der Waals surface area (Å²) in [5, 5.41) is 7.69. The van der Waals surface area contributed by atoms with E-state index < -0.39 is 0 Å². The maximum absolute atomic E-state index is 13.3. The first kappa shape index (κ1) is 20.6. The van der Waals surface area contributed by atoms with E-state index in [1.807, 2.05) is 58.0 Å². The summed E-state index contributed by atoms with van der Waals surface area (Å²) in [6.45, 7) is 7.77. The average Bonchev–Trinajstić information content (AvgIpc) is 3.03. The van der Waals surface area contributed by atoms with Crippen LogP contribution in [0, 0.1) is 0 Å². The standard InChI is InChI=1S/C23H25N5O3/c1-14(2)24-20(29)17-10-11-18-19(12-17)28-22(27(15(3)4)21(18)30)25-26(23(28)31)13-16-8-6-5-7-9-16/h5-12,14-15H,13H2,1-4H3,(H,24,29). The summed E-state index contributed by atoms with van der Waals surface area (Å²) in [5.41, 5.74) is 1.07. The molecule has 8 nitrogen and oxygen atoms in total. The number of rotatable bonds is 5. The second-order valence-corrected chi connectivity index (χ2v) is 8.19. The van der Waals surface area contributed by atoms with Crippen LogP contribution >= 0.6 is 0 Å². The van der Waals surface area contributed by atoms with Crippen LogP contribution in [0.5, 0.6) is 0 Å². The van der Waals surface area contributed by atoms with Crippen LogP contribution in [-0.2, 0) is 6.54 Å². The molecule has 2 aromatic heterocycles. The zero-order chi connectivity index (χ0) is 22.3. The van der Waals surface area contributed by atoms with Gasteiger partial charge in [0.25, 0.3) is 11.5 Å². The number of carbonyl (C=O) groups is 1. The third-order valence-corrected chi connectivity index (χ3v) is 5.10. The lowest BCUT2D eigenvalue weighted by atomic mass is 10.1. The zero-order valence-electron chi connectivity index (χ0n) is 18.0. The highest BCUT2D eigenvalue weighted by Crippen LogP contribution is 2.17. The maximum atomic E-state index is 13.3. The second kappa shape index (κ2) is 7.86. The summed E-state index contributed by atoms with van der Waals surface area (Å²) in [6, 6.07) is 14.1. The molecule has 0 radical (unpaired) electrons. The van der Waals surface area contributed by atoms with Crippen molar-refractivity contribution in [2.75, 3.05) is 0 Å². The SMILES string of the molecule is CC(C)NC(=O)c1ccc2c(=O)n(C(C)C)c3nn(Cc4ccccc4)c(=O)n3c2c1. The molecule has 0 fully saturated rings. The lowest BCUT2D eigenvalue weighted by molar-refractivity contribution is 0.0943. The van der Waals surface area contributed by atoms with Gasteiger partial charge in [0, 0.05) is 17.6 Å². The predicted octanol–water partition coefficient (Wildman–Crippen LogP) is 2.58. The summed E-state index contributed by atoms with van der Waals surface area (Å²) < 4.78 is 4.29. The van der Waals surface area contributed by atoms with Crippen molar-refractivity contribution in [3.63, 3.8) is 0 Å². The maximum Gasteiger partial charge on any atom is 0.352 e. The molecule has 0 saturated heterocycles. The van der Waals surface area contributed by atoms with Crippen molar-refractivity contribution in [3.05, 3.63) is 80.5 Å². The van der Waals surface area contributed by atoms with Gasteiger partial charge >= 0.3 is 5.69 Å². The van der Waals surface area contributed by atoms with E-state index in [4.69, 9.17) is 0 Å². The molecule has 2 aromatic carbocycles. The molecule has 8 heteroatoms. The number of carbonyl (C=O) groups excluding carboxylic acids is 1. The van der Waals surface area contributed by atoms with Crippen molar-refractivity contribution >= 4 is 22.6 Å². The number of hydrogen-bond donors (Lipinski definition) is 1. The largest absolute Gasteiger partial charge is 0.352 e. The molecule has 0 unspecified atom stereocenters. The minimum atomic E-state index is -0.361. The van der Waals surface area contributed by atoms with E-state index >= 15 is 0 Å². The van der Waals surface area contributed by atoms with E-state index in [9.17, 15) is 14.4 Å². The van der Waals surface area contributed by atoms with Gasteiger partial charge in [0.2, 0.25) is 5.78 Å². The van der Waals surface area contributed by atoms with Crippen molar-refractivity contribution in [2.24, 2.45) is 0 Å². The fourth-order valence-electron chi connectivity index (χ4n) is 3.69. The van der Waals surface area contributed by atoms with Gasteiger partial charge in [0.1, 0.15) is 0 Å². The summed E-state index contributed by atoms with van der Waals surface area (Å²) in [4.78, 5) is 39.1. The van der Waals surface area contributed by atoms with Crippen LogP contribution in [0.15, 0.2) is 58.1 Å². The van der Waals surface area contributed by atoms with E-state index in [0.717, 1.165) is 5.56 Å². The number of aromatic nitrogens is 4. The normalized spacial score (nSPS) is 11.7. The quantitative estimate of drug-likeness (QED) is 0.538. The molecule has 0 spiro atoms. The Morgan fingerprint density at radius 1 is 1.03 bits per heavy atom. The summed E-state index contributed by atoms with van der Waals surface area (Å²) in [6.07, 6.45) is 0. The molecule has 2 heterocycles. The highest BCUT2D eigenvalue weighted by Gasteiger charge is 2.20. The molecule has 31 heavy (non-hydrogen) atoms. The molecule has 0 saturated carbocycles. The highest BCUT2D eigenvalue weighted by molar-refractivity contribution is 5.98. The van der Waals surface area contributed by atoms with Crippen molar-refractivity contribution in [1.82, 2.24) is 24.1 Å². The van der Waals surface area contributed by atoms with Crippen LogP contribution < -0.4 is 16.6 Å². The lowest BCUT2D eigenvalue weighted by Gasteiger charge is -2.13. The third-order valence-electron chi connectivity index (χ3n) is 5.10. The van der Waals surface area contributed by atoms with Gasteiger partial charge in [-0.15, -0.1) is 5.10 Å². The Bertz CT molecular complexity index is 1390. The molecule has 4 rings (SSSR count). The van der Waals surface area contributed by atoms with Gasteiger partial charge in [-0.2, -0.15) is 0 Å². The van der Waals surface area contributed by atoms with Gasteiger partial charge in [-0.05, 0) is 51.5 Å². The van der Waals surface area contributed by atoms with Gasteiger partial charge in [0.15, 0.2) is 0 Å². The Labute approximate surface area is 178 Å².